The van der Waals surface area contributed by atoms with E-state index in [0.717, 1.165) is 5.56 Å². The summed E-state index contributed by atoms with van der Waals surface area (Å²) in [6.45, 7) is 6.29. The summed E-state index contributed by atoms with van der Waals surface area (Å²) >= 11 is 0. The van der Waals surface area contributed by atoms with E-state index in [1.807, 2.05) is 30.3 Å². The van der Waals surface area contributed by atoms with E-state index in [1.54, 1.807) is 44.0 Å². The Morgan fingerprint density at radius 1 is 1.06 bits per heavy atom. The third-order valence-corrected chi connectivity index (χ3v) is 4.73. The van der Waals surface area contributed by atoms with Crippen molar-refractivity contribution in [3.8, 4) is 0 Å². The van der Waals surface area contributed by atoms with Crippen LogP contribution in [0.3, 0.4) is 0 Å². The molecule has 0 saturated carbocycles. The van der Waals surface area contributed by atoms with Crippen LogP contribution in [0, 0.1) is 5.82 Å². The molecule has 1 saturated heterocycles. The molecule has 0 aliphatic carbocycles. The minimum Gasteiger partial charge on any atom is -0.444 e. The van der Waals surface area contributed by atoms with Gasteiger partial charge in [-0.25, -0.2) is 19.0 Å². The number of hydrogen-bond acceptors (Lipinski definition) is 5. The Bertz CT molecular complexity index is 901. The fraction of sp³-hybridized carbons (Fsp3) is 0.391. The number of nitrogens with zero attached hydrogens (tertiary/aromatic N) is 2. The van der Waals surface area contributed by atoms with E-state index in [1.165, 1.54) is 11.0 Å². The minimum absolute atomic E-state index is 0.140. The van der Waals surface area contributed by atoms with E-state index in [2.05, 4.69) is 5.43 Å². The van der Waals surface area contributed by atoms with Crippen LogP contribution in [0.5, 0.6) is 0 Å². The zero-order valence-electron chi connectivity index (χ0n) is 18.0. The maximum atomic E-state index is 14.5. The van der Waals surface area contributed by atoms with Crippen molar-refractivity contribution in [2.24, 2.45) is 0 Å². The Labute approximate surface area is 181 Å². The molecule has 1 N–H and O–H groups in total. The molecule has 1 aliphatic heterocycles. The van der Waals surface area contributed by atoms with Crippen molar-refractivity contribution >= 4 is 12.2 Å². The lowest BCUT2D eigenvalue weighted by atomic mass is 10.0. The molecule has 1 unspecified atom stereocenters. The molecule has 7 nitrogen and oxygen atoms in total. The molecular formula is C23H28FN3O4. The number of benzene rings is 2. The SMILES string of the molecule is CC(C)(C)OC(=O)N1CCN(NC(=O)OCc2ccccc2)CC1c1ccccc1F. The summed E-state index contributed by atoms with van der Waals surface area (Å²) in [4.78, 5) is 26.5. The first-order valence-electron chi connectivity index (χ1n) is 10.2. The maximum absolute atomic E-state index is 14.5. The van der Waals surface area contributed by atoms with Crippen molar-refractivity contribution in [3.05, 3.63) is 71.5 Å². The molecular weight excluding hydrogens is 401 g/mol. The predicted molar refractivity (Wildman–Crippen MR) is 113 cm³/mol. The first kappa shape index (κ1) is 22.6. The van der Waals surface area contributed by atoms with Crippen molar-refractivity contribution in [1.82, 2.24) is 15.3 Å². The van der Waals surface area contributed by atoms with E-state index < -0.39 is 29.6 Å². The Morgan fingerprint density at radius 3 is 2.42 bits per heavy atom. The zero-order valence-corrected chi connectivity index (χ0v) is 18.0. The van der Waals surface area contributed by atoms with Crippen molar-refractivity contribution in [3.63, 3.8) is 0 Å². The molecule has 1 atom stereocenters. The molecule has 166 valence electrons. The molecule has 2 aromatic carbocycles. The largest absolute Gasteiger partial charge is 0.444 e. The van der Waals surface area contributed by atoms with Gasteiger partial charge in [-0.15, -0.1) is 0 Å². The molecule has 2 amide bonds. The fourth-order valence-corrected chi connectivity index (χ4v) is 3.32. The van der Waals surface area contributed by atoms with Crippen LogP contribution in [0.15, 0.2) is 54.6 Å². The van der Waals surface area contributed by atoms with Gasteiger partial charge in [0.15, 0.2) is 0 Å². The second kappa shape index (κ2) is 9.78. The van der Waals surface area contributed by atoms with Gasteiger partial charge < -0.3 is 9.47 Å². The Hall–Kier alpha value is -3.13. The lowest BCUT2D eigenvalue weighted by molar-refractivity contribution is -0.0106. The normalized spacial score (nSPS) is 17.2. The maximum Gasteiger partial charge on any atom is 0.422 e. The molecule has 2 aromatic rings. The lowest BCUT2D eigenvalue weighted by Crippen LogP contribution is -2.56. The number of rotatable bonds is 4. The molecule has 1 fully saturated rings. The van der Waals surface area contributed by atoms with Crippen LogP contribution >= 0.6 is 0 Å². The summed E-state index contributed by atoms with van der Waals surface area (Å²) in [5, 5.41) is 1.63. The number of hydrazine groups is 1. The van der Waals surface area contributed by atoms with Crippen LogP contribution in [0.4, 0.5) is 14.0 Å². The number of piperazine rings is 1. The molecule has 3 rings (SSSR count). The second-order valence-corrected chi connectivity index (χ2v) is 8.33. The summed E-state index contributed by atoms with van der Waals surface area (Å²) in [5.41, 5.74) is 3.24. The Morgan fingerprint density at radius 2 is 1.74 bits per heavy atom. The zero-order chi connectivity index (χ0) is 22.4. The highest BCUT2D eigenvalue weighted by molar-refractivity contribution is 5.69. The fourth-order valence-electron chi connectivity index (χ4n) is 3.32. The molecule has 0 bridgehead atoms. The van der Waals surface area contributed by atoms with Crippen molar-refractivity contribution in [2.45, 2.75) is 39.0 Å². The molecule has 0 spiro atoms. The third-order valence-electron chi connectivity index (χ3n) is 4.73. The standard InChI is InChI=1S/C23H28FN3O4/c1-23(2,3)31-22(29)27-14-13-26(15-20(27)18-11-7-8-12-19(18)24)25-21(28)30-16-17-9-5-4-6-10-17/h4-12,20H,13-16H2,1-3H3,(H,25,28). The molecule has 0 aromatic heterocycles. The topological polar surface area (TPSA) is 71.1 Å². The summed E-state index contributed by atoms with van der Waals surface area (Å²) < 4.78 is 25.3. The molecule has 1 aliphatic rings. The van der Waals surface area contributed by atoms with Gasteiger partial charge in [0.1, 0.15) is 18.0 Å². The number of halogens is 1. The Kier molecular flexibility index (Phi) is 7.12. The van der Waals surface area contributed by atoms with Gasteiger partial charge in [-0.3, -0.25) is 10.3 Å². The van der Waals surface area contributed by atoms with Gasteiger partial charge >= 0.3 is 12.2 Å². The predicted octanol–water partition coefficient (Wildman–Crippen LogP) is 4.26. The summed E-state index contributed by atoms with van der Waals surface area (Å²) in [6, 6.07) is 15.0. The highest BCUT2D eigenvalue weighted by Gasteiger charge is 2.36. The van der Waals surface area contributed by atoms with Crippen LogP contribution < -0.4 is 5.43 Å². The van der Waals surface area contributed by atoms with Gasteiger partial charge in [0.25, 0.3) is 0 Å². The van der Waals surface area contributed by atoms with Gasteiger partial charge in [0, 0.05) is 25.2 Å². The van der Waals surface area contributed by atoms with Crippen LogP contribution in [0.1, 0.15) is 37.9 Å². The lowest BCUT2D eigenvalue weighted by Gasteiger charge is -2.41. The monoisotopic (exact) mass is 429 g/mol. The number of carbonyl (C=O) groups is 2. The van der Waals surface area contributed by atoms with Gasteiger partial charge in [0.2, 0.25) is 0 Å². The number of hydrogen-bond donors (Lipinski definition) is 1. The summed E-state index contributed by atoms with van der Waals surface area (Å²) in [7, 11) is 0. The van der Waals surface area contributed by atoms with Gasteiger partial charge in [-0.1, -0.05) is 48.5 Å². The van der Waals surface area contributed by atoms with Gasteiger partial charge in [0.05, 0.1) is 6.04 Å². The summed E-state index contributed by atoms with van der Waals surface area (Å²) in [5.74, 6) is -0.422. The van der Waals surface area contributed by atoms with Gasteiger partial charge in [-0.2, -0.15) is 0 Å². The van der Waals surface area contributed by atoms with Crippen LogP contribution in [-0.4, -0.2) is 47.3 Å². The smallest absolute Gasteiger partial charge is 0.422 e. The first-order chi connectivity index (χ1) is 14.7. The van der Waals surface area contributed by atoms with E-state index in [0.29, 0.717) is 12.1 Å². The van der Waals surface area contributed by atoms with E-state index >= 15 is 0 Å². The van der Waals surface area contributed by atoms with E-state index in [4.69, 9.17) is 9.47 Å². The quantitative estimate of drug-likeness (QED) is 0.786. The minimum atomic E-state index is -0.673. The van der Waals surface area contributed by atoms with Crippen molar-refractivity contribution in [2.75, 3.05) is 19.6 Å². The van der Waals surface area contributed by atoms with Crippen molar-refractivity contribution in [1.29, 1.82) is 0 Å². The molecule has 0 radical (unpaired) electrons. The highest BCUT2D eigenvalue weighted by atomic mass is 19.1. The van der Waals surface area contributed by atoms with Crippen LogP contribution in [0.2, 0.25) is 0 Å². The number of carbonyl (C=O) groups excluding carboxylic acids is 2. The van der Waals surface area contributed by atoms with Crippen LogP contribution in [-0.2, 0) is 16.1 Å². The molecule has 31 heavy (non-hydrogen) atoms. The number of nitrogens with one attached hydrogen (secondary N) is 1. The van der Waals surface area contributed by atoms with Gasteiger partial charge in [-0.05, 0) is 32.4 Å². The van der Waals surface area contributed by atoms with E-state index in [-0.39, 0.29) is 19.7 Å². The average Bonchev–Trinajstić information content (AvgIpc) is 2.72. The highest BCUT2D eigenvalue weighted by Crippen LogP contribution is 2.28. The number of ether oxygens (including phenoxy) is 2. The Balaban J connectivity index is 1.68. The number of amides is 2. The molecule has 1 heterocycles. The van der Waals surface area contributed by atoms with Crippen LogP contribution in [0.25, 0.3) is 0 Å². The summed E-state index contributed by atoms with van der Waals surface area (Å²) in [6.07, 6.45) is -1.13. The molecule has 8 heteroatoms. The van der Waals surface area contributed by atoms with Crippen molar-refractivity contribution < 1.29 is 23.5 Å². The first-order valence-corrected chi connectivity index (χ1v) is 10.2. The average molecular weight is 429 g/mol. The second-order valence-electron chi connectivity index (χ2n) is 8.33. The third kappa shape index (κ3) is 6.42. The van der Waals surface area contributed by atoms with E-state index in [9.17, 15) is 14.0 Å².